The predicted molar refractivity (Wildman–Crippen MR) is 120 cm³/mol. The van der Waals surface area contributed by atoms with Gasteiger partial charge < -0.3 is 4.90 Å². The lowest BCUT2D eigenvalue weighted by Gasteiger charge is -2.18. The van der Waals surface area contributed by atoms with E-state index in [4.69, 9.17) is 11.6 Å². The summed E-state index contributed by atoms with van der Waals surface area (Å²) in [6.45, 7) is 9.48. The number of amides is 1. The summed E-state index contributed by atoms with van der Waals surface area (Å²) in [6.07, 6.45) is 0. The Hall–Kier alpha value is -2.31. The molecule has 7 heteroatoms. The van der Waals surface area contributed by atoms with Crippen LogP contribution in [0, 0.1) is 13.8 Å². The highest BCUT2D eigenvalue weighted by molar-refractivity contribution is 7.99. The van der Waals surface area contributed by atoms with Crippen LogP contribution in [-0.4, -0.2) is 44.4 Å². The van der Waals surface area contributed by atoms with E-state index in [2.05, 4.69) is 42.2 Å². The van der Waals surface area contributed by atoms with E-state index in [-0.39, 0.29) is 5.91 Å². The van der Waals surface area contributed by atoms with Gasteiger partial charge in [0.25, 0.3) is 0 Å². The van der Waals surface area contributed by atoms with E-state index in [0.717, 1.165) is 22.4 Å². The second-order valence-corrected chi connectivity index (χ2v) is 8.12. The van der Waals surface area contributed by atoms with Gasteiger partial charge in [0.1, 0.15) is 0 Å². The van der Waals surface area contributed by atoms with Crippen LogP contribution in [0.15, 0.2) is 47.6 Å². The fourth-order valence-corrected chi connectivity index (χ4v) is 4.22. The standard InChI is InChI=1S/C22H25ClN4OS/c1-5-26(6-2)20(28)14-29-22-25-24-21(17-9-7-8-10-18(17)23)27(22)19-13-15(3)11-12-16(19)4/h7-13H,5-6,14H2,1-4H3. The Morgan fingerprint density at radius 3 is 2.52 bits per heavy atom. The molecule has 0 bridgehead atoms. The van der Waals surface area contributed by atoms with E-state index in [0.29, 0.717) is 34.8 Å². The molecule has 0 atom stereocenters. The third-order valence-electron chi connectivity index (χ3n) is 4.79. The smallest absolute Gasteiger partial charge is 0.233 e. The number of hydrogen-bond acceptors (Lipinski definition) is 4. The molecule has 0 unspecified atom stereocenters. The maximum absolute atomic E-state index is 12.5. The molecule has 0 radical (unpaired) electrons. The minimum Gasteiger partial charge on any atom is -0.343 e. The molecule has 5 nitrogen and oxygen atoms in total. The molecule has 3 rings (SSSR count). The first-order valence-corrected chi connectivity index (χ1v) is 11.0. The summed E-state index contributed by atoms with van der Waals surface area (Å²) in [5, 5.41) is 10.1. The Bertz CT molecular complexity index is 1010. The van der Waals surface area contributed by atoms with E-state index >= 15 is 0 Å². The highest BCUT2D eigenvalue weighted by Crippen LogP contribution is 2.33. The van der Waals surface area contributed by atoms with Crippen LogP contribution in [0.5, 0.6) is 0 Å². The summed E-state index contributed by atoms with van der Waals surface area (Å²) in [5.74, 6) is 1.07. The number of thioether (sulfide) groups is 1. The zero-order chi connectivity index (χ0) is 21.0. The number of rotatable bonds is 7. The number of halogens is 1. The maximum atomic E-state index is 12.5. The van der Waals surface area contributed by atoms with Gasteiger partial charge >= 0.3 is 0 Å². The molecule has 3 aromatic rings. The third kappa shape index (κ3) is 4.65. The summed E-state index contributed by atoms with van der Waals surface area (Å²) in [7, 11) is 0. The monoisotopic (exact) mass is 428 g/mol. The number of carbonyl (C=O) groups is 1. The molecule has 0 spiro atoms. The van der Waals surface area contributed by atoms with Gasteiger partial charge in [-0.1, -0.05) is 47.6 Å². The van der Waals surface area contributed by atoms with Crippen LogP contribution in [-0.2, 0) is 4.79 Å². The van der Waals surface area contributed by atoms with Crippen molar-refractivity contribution in [3.05, 3.63) is 58.6 Å². The van der Waals surface area contributed by atoms with E-state index in [1.807, 2.05) is 47.6 Å². The van der Waals surface area contributed by atoms with Crippen molar-refractivity contribution in [2.75, 3.05) is 18.8 Å². The van der Waals surface area contributed by atoms with Crippen molar-refractivity contribution in [3.8, 4) is 17.1 Å². The third-order valence-corrected chi connectivity index (χ3v) is 6.04. The van der Waals surface area contributed by atoms with E-state index < -0.39 is 0 Å². The average Bonchev–Trinajstić information content (AvgIpc) is 3.13. The molecule has 0 N–H and O–H groups in total. The highest BCUT2D eigenvalue weighted by Gasteiger charge is 2.21. The Morgan fingerprint density at radius 1 is 1.10 bits per heavy atom. The molecule has 0 aliphatic heterocycles. The minimum atomic E-state index is 0.0924. The van der Waals surface area contributed by atoms with E-state index in [9.17, 15) is 4.79 Å². The van der Waals surface area contributed by atoms with Gasteiger partial charge in [0, 0.05) is 18.7 Å². The number of hydrogen-bond donors (Lipinski definition) is 0. The summed E-state index contributed by atoms with van der Waals surface area (Å²) in [5.41, 5.74) is 4.03. The second-order valence-electron chi connectivity index (χ2n) is 6.77. The van der Waals surface area contributed by atoms with Gasteiger partial charge in [0.15, 0.2) is 11.0 Å². The van der Waals surface area contributed by atoms with Crippen molar-refractivity contribution in [2.45, 2.75) is 32.9 Å². The Labute approximate surface area is 181 Å². The number of nitrogens with zero attached hydrogens (tertiary/aromatic N) is 4. The van der Waals surface area contributed by atoms with Crippen molar-refractivity contribution < 1.29 is 4.79 Å². The zero-order valence-corrected chi connectivity index (χ0v) is 18.7. The maximum Gasteiger partial charge on any atom is 0.233 e. The van der Waals surface area contributed by atoms with Crippen molar-refractivity contribution in [1.29, 1.82) is 0 Å². The summed E-state index contributed by atoms with van der Waals surface area (Å²) >= 11 is 7.86. The van der Waals surface area contributed by atoms with Gasteiger partial charge in [-0.15, -0.1) is 10.2 Å². The number of carbonyl (C=O) groups excluding carboxylic acids is 1. The molecule has 1 amide bonds. The first kappa shape index (κ1) is 21.4. The highest BCUT2D eigenvalue weighted by atomic mass is 35.5. The first-order valence-electron chi connectivity index (χ1n) is 9.64. The lowest BCUT2D eigenvalue weighted by atomic mass is 10.1. The van der Waals surface area contributed by atoms with Gasteiger partial charge in [0.05, 0.1) is 16.5 Å². The molecule has 152 valence electrons. The quantitative estimate of drug-likeness (QED) is 0.487. The topological polar surface area (TPSA) is 51.0 Å². The van der Waals surface area contributed by atoms with E-state index in [1.54, 1.807) is 0 Å². The molecule has 1 aromatic heterocycles. The summed E-state index contributed by atoms with van der Waals surface area (Å²) in [6, 6.07) is 13.9. The van der Waals surface area contributed by atoms with Crippen LogP contribution in [0.25, 0.3) is 17.1 Å². The van der Waals surface area contributed by atoms with Gasteiger partial charge in [0.2, 0.25) is 5.91 Å². The van der Waals surface area contributed by atoms with Crippen LogP contribution < -0.4 is 0 Å². The van der Waals surface area contributed by atoms with Gasteiger partial charge in [-0.05, 0) is 57.0 Å². The largest absolute Gasteiger partial charge is 0.343 e. The Morgan fingerprint density at radius 2 is 1.83 bits per heavy atom. The molecule has 29 heavy (non-hydrogen) atoms. The lowest BCUT2D eigenvalue weighted by molar-refractivity contribution is -0.127. The van der Waals surface area contributed by atoms with Crippen LogP contribution in [0.1, 0.15) is 25.0 Å². The fourth-order valence-electron chi connectivity index (χ4n) is 3.15. The molecule has 0 aliphatic carbocycles. The van der Waals surface area contributed by atoms with Crippen molar-refractivity contribution in [1.82, 2.24) is 19.7 Å². The van der Waals surface area contributed by atoms with Gasteiger partial charge in [-0.2, -0.15) is 0 Å². The SMILES string of the molecule is CCN(CC)C(=O)CSc1nnc(-c2ccccc2Cl)n1-c1cc(C)ccc1C. The van der Waals surface area contributed by atoms with Gasteiger partial charge in [-0.3, -0.25) is 9.36 Å². The molecule has 1 heterocycles. The molecular formula is C22H25ClN4OS. The second kappa shape index (κ2) is 9.46. The Kier molecular flexibility index (Phi) is 6.98. The van der Waals surface area contributed by atoms with Crippen LogP contribution in [0.4, 0.5) is 0 Å². The molecule has 2 aromatic carbocycles. The molecule has 0 saturated heterocycles. The van der Waals surface area contributed by atoms with Crippen LogP contribution >= 0.6 is 23.4 Å². The molecular weight excluding hydrogens is 404 g/mol. The number of aryl methyl sites for hydroxylation is 2. The van der Waals surface area contributed by atoms with E-state index in [1.165, 1.54) is 11.8 Å². The summed E-state index contributed by atoms with van der Waals surface area (Å²) < 4.78 is 2.00. The lowest BCUT2D eigenvalue weighted by Crippen LogP contribution is -2.31. The van der Waals surface area contributed by atoms with Crippen LogP contribution in [0.3, 0.4) is 0 Å². The minimum absolute atomic E-state index is 0.0924. The number of aromatic nitrogens is 3. The zero-order valence-electron chi connectivity index (χ0n) is 17.1. The normalized spacial score (nSPS) is 10.9. The Balaban J connectivity index is 2.07. The number of benzene rings is 2. The van der Waals surface area contributed by atoms with Crippen molar-refractivity contribution in [3.63, 3.8) is 0 Å². The van der Waals surface area contributed by atoms with Crippen LogP contribution in [0.2, 0.25) is 5.02 Å². The van der Waals surface area contributed by atoms with Crippen molar-refractivity contribution in [2.24, 2.45) is 0 Å². The molecule has 0 fully saturated rings. The van der Waals surface area contributed by atoms with Gasteiger partial charge in [-0.25, -0.2) is 0 Å². The molecule has 0 aliphatic rings. The predicted octanol–water partition coefficient (Wildman–Crippen LogP) is 5.17. The van der Waals surface area contributed by atoms with Crippen molar-refractivity contribution >= 4 is 29.3 Å². The fraction of sp³-hybridized carbons (Fsp3) is 0.318. The molecule has 0 saturated carbocycles. The average molecular weight is 429 g/mol. The first-order chi connectivity index (χ1) is 14.0. The summed E-state index contributed by atoms with van der Waals surface area (Å²) in [4.78, 5) is 14.3.